The normalized spacial score (nSPS) is 16.0. The molecule has 9 heteroatoms. The lowest BCUT2D eigenvalue weighted by molar-refractivity contribution is 0.00813. The molecule has 5 rings (SSSR count). The molecule has 3 aromatic carbocycles. The predicted molar refractivity (Wildman–Crippen MR) is 142 cm³/mol. The molecule has 0 saturated carbocycles. The first-order valence-corrected chi connectivity index (χ1v) is 12.6. The number of benzene rings is 3. The van der Waals surface area contributed by atoms with Gasteiger partial charge in [-0.05, 0) is 78.9 Å². The fourth-order valence-electron chi connectivity index (χ4n) is 5.51. The van der Waals surface area contributed by atoms with Gasteiger partial charge >= 0.3 is 6.01 Å². The van der Waals surface area contributed by atoms with E-state index in [1.165, 1.54) is 26.0 Å². The molecule has 1 saturated heterocycles. The number of hydrogen-bond acceptors (Lipinski definition) is 6. The van der Waals surface area contributed by atoms with Crippen molar-refractivity contribution in [2.24, 2.45) is 5.92 Å². The first-order valence-electron chi connectivity index (χ1n) is 12.2. The smallest absolute Gasteiger partial charge is 0.313 e. The molecule has 0 radical (unpaired) electrons. The molecule has 6 nitrogen and oxygen atoms in total. The van der Waals surface area contributed by atoms with E-state index in [0.717, 1.165) is 16.7 Å². The molecular weight excluding hydrogens is 508 g/mol. The Morgan fingerprint density at radius 3 is 2.42 bits per heavy atom. The lowest BCUT2D eigenvalue weighted by Gasteiger charge is -2.50. The van der Waals surface area contributed by atoms with E-state index in [4.69, 9.17) is 21.8 Å². The highest BCUT2D eigenvalue weighted by Gasteiger charge is 2.45. The molecule has 2 N–H and O–H groups in total. The molecule has 2 unspecified atom stereocenters. The fraction of sp³-hybridized carbons (Fsp3) is 0.276. The molecule has 1 fully saturated rings. The topological polar surface area (TPSA) is 92.0 Å². The van der Waals surface area contributed by atoms with Crippen LogP contribution in [-0.2, 0) is 0 Å². The van der Waals surface area contributed by atoms with Crippen LogP contribution < -0.4 is 5.73 Å². The minimum Gasteiger partial charge on any atom is -0.404 e. The Labute approximate surface area is 224 Å². The van der Waals surface area contributed by atoms with Crippen molar-refractivity contribution in [2.45, 2.75) is 31.5 Å². The Kier molecular flexibility index (Phi) is 6.91. The van der Waals surface area contributed by atoms with Crippen molar-refractivity contribution < 1.29 is 13.2 Å². The zero-order valence-electron chi connectivity index (χ0n) is 20.9. The van der Waals surface area contributed by atoms with Gasteiger partial charge in [-0.1, -0.05) is 41.0 Å². The van der Waals surface area contributed by atoms with Crippen LogP contribution in [0.15, 0.2) is 71.1 Å². The standard InChI is InChI=1S/C29H26ClF2N5O/c1-29(2,32)25(21-10-17(14-33)11-24(31)13-21)22-15-37(16-22)26(18-6-8-23(30)9-7-18)19-4-3-5-20(12-19)27-35-36-28(34)38-27/h3-13,22,25-26H,15-16H2,1-2H3,(H2,34,36). The molecular formula is C29H26ClF2N5O. The Bertz CT molecular complexity index is 1490. The monoisotopic (exact) mass is 533 g/mol. The van der Waals surface area contributed by atoms with Crippen molar-refractivity contribution in [3.05, 3.63) is 99.8 Å². The van der Waals surface area contributed by atoms with Gasteiger partial charge in [0.2, 0.25) is 5.89 Å². The second-order valence-electron chi connectivity index (χ2n) is 10.2. The van der Waals surface area contributed by atoms with Crippen molar-refractivity contribution in [3.8, 4) is 17.5 Å². The summed E-state index contributed by atoms with van der Waals surface area (Å²) in [5, 5.41) is 17.7. The summed E-state index contributed by atoms with van der Waals surface area (Å²) in [5.41, 5.74) is 7.41. The third-order valence-corrected chi connectivity index (χ3v) is 7.25. The van der Waals surface area contributed by atoms with Crippen LogP contribution >= 0.6 is 11.6 Å². The van der Waals surface area contributed by atoms with E-state index >= 15 is 4.39 Å². The minimum absolute atomic E-state index is 0.0120. The van der Waals surface area contributed by atoms with Crippen molar-refractivity contribution >= 4 is 17.6 Å². The summed E-state index contributed by atoms with van der Waals surface area (Å²) in [4.78, 5) is 2.25. The second-order valence-corrected chi connectivity index (χ2v) is 10.6. The number of likely N-dealkylation sites (tertiary alicyclic amines) is 1. The Hall–Kier alpha value is -3.80. The van der Waals surface area contributed by atoms with E-state index in [1.54, 1.807) is 6.07 Å². The van der Waals surface area contributed by atoms with Gasteiger partial charge in [-0.25, -0.2) is 8.78 Å². The average Bonchev–Trinajstić information content (AvgIpc) is 3.29. The number of hydrogen-bond donors (Lipinski definition) is 1. The van der Waals surface area contributed by atoms with Gasteiger partial charge in [0, 0.05) is 29.6 Å². The van der Waals surface area contributed by atoms with Crippen LogP contribution in [-0.4, -0.2) is 33.9 Å². The number of halogens is 3. The van der Waals surface area contributed by atoms with Gasteiger partial charge in [0.15, 0.2) is 0 Å². The number of alkyl halides is 1. The molecule has 0 spiro atoms. The summed E-state index contributed by atoms with van der Waals surface area (Å²) >= 11 is 6.17. The molecule has 4 aromatic rings. The number of nitriles is 1. The van der Waals surface area contributed by atoms with E-state index in [-0.39, 0.29) is 23.5 Å². The molecule has 194 valence electrons. The molecule has 2 atom stereocenters. The SMILES string of the molecule is CC(C)(F)C(c1cc(F)cc(C#N)c1)C1CN(C(c2ccc(Cl)cc2)c2cccc(-c3nnc(N)o3)c2)C1. The fourth-order valence-corrected chi connectivity index (χ4v) is 5.63. The molecule has 1 aromatic heterocycles. The van der Waals surface area contributed by atoms with Crippen LogP contribution in [0.3, 0.4) is 0 Å². The number of rotatable bonds is 7. The van der Waals surface area contributed by atoms with Gasteiger partial charge in [0.1, 0.15) is 11.5 Å². The van der Waals surface area contributed by atoms with Crippen LogP contribution in [0, 0.1) is 23.1 Å². The van der Waals surface area contributed by atoms with Crippen LogP contribution in [0.2, 0.25) is 5.02 Å². The number of aromatic nitrogens is 2. The predicted octanol–water partition coefficient (Wildman–Crippen LogP) is 6.54. The maximum Gasteiger partial charge on any atom is 0.313 e. The van der Waals surface area contributed by atoms with Crippen molar-refractivity contribution in [2.75, 3.05) is 18.8 Å². The first-order chi connectivity index (χ1) is 18.1. The van der Waals surface area contributed by atoms with Crippen LogP contribution in [0.4, 0.5) is 14.8 Å². The Morgan fingerprint density at radius 1 is 1.05 bits per heavy atom. The Balaban J connectivity index is 1.48. The van der Waals surface area contributed by atoms with Gasteiger partial charge in [-0.15, -0.1) is 5.10 Å². The van der Waals surface area contributed by atoms with Crippen molar-refractivity contribution in [3.63, 3.8) is 0 Å². The van der Waals surface area contributed by atoms with Gasteiger partial charge < -0.3 is 10.2 Å². The number of anilines is 1. The molecule has 1 aliphatic heterocycles. The van der Waals surface area contributed by atoms with E-state index < -0.39 is 17.4 Å². The van der Waals surface area contributed by atoms with E-state index in [9.17, 15) is 9.65 Å². The lowest BCUT2D eigenvalue weighted by atomic mass is 9.72. The largest absolute Gasteiger partial charge is 0.404 e. The van der Waals surface area contributed by atoms with Gasteiger partial charge in [-0.3, -0.25) is 4.90 Å². The summed E-state index contributed by atoms with van der Waals surface area (Å²) in [7, 11) is 0. The van der Waals surface area contributed by atoms with E-state index in [2.05, 4.69) is 15.1 Å². The zero-order valence-corrected chi connectivity index (χ0v) is 21.7. The van der Waals surface area contributed by atoms with Crippen LogP contribution in [0.25, 0.3) is 11.5 Å². The zero-order chi connectivity index (χ0) is 27.0. The summed E-state index contributed by atoms with van der Waals surface area (Å²) in [6.45, 7) is 4.16. The molecule has 38 heavy (non-hydrogen) atoms. The summed E-state index contributed by atoms with van der Waals surface area (Å²) in [6, 6.07) is 21.3. The van der Waals surface area contributed by atoms with Crippen LogP contribution in [0.1, 0.15) is 48.1 Å². The molecule has 2 heterocycles. The van der Waals surface area contributed by atoms with Crippen molar-refractivity contribution in [1.29, 1.82) is 5.26 Å². The quantitative estimate of drug-likeness (QED) is 0.290. The number of nitrogens with zero attached hydrogens (tertiary/aromatic N) is 4. The van der Waals surface area contributed by atoms with Gasteiger partial charge in [0.05, 0.1) is 17.7 Å². The summed E-state index contributed by atoms with van der Waals surface area (Å²) in [6.07, 6.45) is 0. The maximum atomic E-state index is 15.6. The van der Waals surface area contributed by atoms with Gasteiger partial charge in [0.25, 0.3) is 0 Å². The highest BCUT2D eigenvalue weighted by atomic mass is 35.5. The number of nitrogen functional groups attached to an aromatic ring is 1. The minimum atomic E-state index is -1.62. The second kappa shape index (κ2) is 10.2. The third-order valence-electron chi connectivity index (χ3n) is 7.00. The Morgan fingerprint density at radius 2 is 1.79 bits per heavy atom. The first kappa shape index (κ1) is 25.8. The lowest BCUT2D eigenvalue weighted by Crippen LogP contribution is -2.53. The number of nitrogens with two attached hydrogens (primary N) is 1. The van der Waals surface area contributed by atoms with E-state index in [0.29, 0.717) is 29.6 Å². The molecule has 1 aliphatic rings. The van der Waals surface area contributed by atoms with E-state index in [1.807, 2.05) is 54.6 Å². The molecule has 0 bridgehead atoms. The summed E-state index contributed by atoms with van der Waals surface area (Å²) in [5.74, 6) is -0.890. The van der Waals surface area contributed by atoms with Crippen molar-refractivity contribution in [1.82, 2.24) is 15.1 Å². The highest BCUT2D eigenvalue weighted by molar-refractivity contribution is 6.30. The third kappa shape index (κ3) is 5.26. The van der Waals surface area contributed by atoms with Crippen LogP contribution in [0.5, 0.6) is 0 Å². The maximum absolute atomic E-state index is 15.6. The van der Waals surface area contributed by atoms with Gasteiger partial charge in [-0.2, -0.15) is 5.26 Å². The highest BCUT2D eigenvalue weighted by Crippen LogP contribution is 2.46. The summed E-state index contributed by atoms with van der Waals surface area (Å²) < 4.78 is 35.3. The molecule has 0 amide bonds. The molecule has 0 aliphatic carbocycles. The average molecular weight is 534 g/mol.